The summed E-state index contributed by atoms with van der Waals surface area (Å²) in [6, 6.07) is 14.2. The van der Waals surface area contributed by atoms with Crippen LogP contribution in [0.1, 0.15) is 51.6 Å². The van der Waals surface area contributed by atoms with Crippen molar-refractivity contribution in [2.45, 2.75) is 25.4 Å². The summed E-state index contributed by atoms with van der Waals surface area (Å²) in [5, 5.41) is 14.9. The Labute approximate surface area is 251 Å². The van der Waals surface area contributed by atoms with E-state index in [1.165, 1.54) is 18.2 Å². The fourth-order valence-corrected chi connectivity index (χ4v) is 5.47. The Morgan fingerprint density at radius 2 is 1.80 bits per heavy atom. The van der Waals surface area contributed by atoms with Crippen LogP contribution < -0.4 is 9.46 Å². The molecule has 1 fully saturated rings. The first kappa shape index (κ1) is 28.8. The number of ether oxygens (including phenoxy) is 1. The number of rotatable bonds is 8. The van der Waals surface area contributed by atoms with Crippen molar-refractivity contribution in [2.24, 2.45) is 0 Å². The molecule has 4 aromatic rings. The highest BCUT2D eigenvalue weighted by Gasteiger charge is 2.33. The Bertz CT molecular complexity index is 1820. The summed E-state index contributed by atoms with van der Waals surface area (Å²) in [4.78, 5) is 11.5. The van der Waals surface area contributed by atoms with Gasteiger partial charge in [-0.3, -0.25) is 4.72 Å². The van der Waals surface area contributed by atoms with Crippen LogP contribution in [-0.4, -0.2) is 30.9 Å². The van der Waals surface area contributed by atoms with Gasteiger partial charge >= 0.3 is 5.97 Å². The summed E-state index contributed by atoms with van der Waals surface area (Å²) in [5.74, 6) is 6.01. The van der Waals surface area contributed by atoms with Crippen molar-refractivity contribution < 1.29 is 27.6 Å². The second-order valence-electron chi connectivity index (χ2n) is 9.40. The highest BCUT2D eigenvalue weighted by atomic mass is 35.5. The van der Waals surface area contributed by atoms with Gasteiger partial charge in [-0.05, 0) is 55.3 Å². The van der Waals surface area contributed by atoms with E-state index in [1.807, 2.05) is 0 Å². The van der Waals surface area contributed by atoms with E-state index < -0.39 is 16.0 Å². The molecule has 3 aromatic carbocycles. The van der Waals surface area contributed by atoms with Gasteiger partial charge in [0.15, 0.2) is 0 Å². The minimum absolute atomic E-state index is 0.0864. The van der Waals surface area contributed by atoms with Crippen LogP contribution in [0.15, 0.2) is 59.1 Å². The molecule has 0 radical (unpaired) electrons. The Hall–Kier alpha value is -3.68. The highest BCUT2D eigenvalue weighted by Crippen LogP contribution is 2.46. The van der Waals surface area contributed by atoms with E-state index in [0.29, 0.717) is 43.2 Å². The van der Waals surface area contributed by atoms with Crippen LogP contribution in [0.4, 0.5) is 5.69 Å². The molecule has 0 saturated heterocycles. The molecule has 0 bridgehead atoms. The number of carboxylic acids is 1. The number of sulfonamides is 1. The van der Waals surface area contributed by atoms with Gasteiger partial charge in [0.2, 0.25) is 10.0 Å². The van der Waals surface area contributed by atoms with E-state index >= 15 is 0 Å². The van der Waals surface area contributed by atoms with Gasteiger partial charge in [-0.25, -0.2) is 13.2 Å². The summed E-state index contributed by atoms with van der Waals surface area (Å²) in [6.45, 7) is 0.145. The second-order valence-corrected chi connectivity index (χ2v) is 12.4. The molecule has 210 valence electrons. The van der Waals surface area contributed by atoms with Gasteiger partial charge in [-0.1, -0.05) is 57.9 Å². The zero-order chi connectivity index (χ0) is 29.3. The predicted octanol–water partition coefficient (Wildman–Crippen LogP) is 7.23. The van der Waals surface area contributed by atoms with E-state index in [-0.39, 0.29) is 23.8 Å². The predicted molar refractivity (Wildman–Crippen MR) is 158 cm³/mol. The van der Waals surface area contributed by atoms with Gasteiger partial charge in [0.25, 0.3) is 0 Å². The smallest absolute Gasteiger partial charge is 0.335 e. The Morgan fingerprint density at radius 1 is 1.07 bits per heavy atom. The average molecular weight is 632 g/mol. The van der Waals surface area contributed by atoms with Crippen LogP contribution in [-0.2, 0) is 16.6 Å². The second kappa shape index (κ2) is 11.7. The minimum atomic E-state index is -3.61. The standard InChI is InChI=1S/C29H21Cl3N2O6S/c1-41(37,38)34-20-12-16(11-19(13-20)29(35)36)5-6-17-9-10-21(14-25(17)32)39-15-22-27(33-40-28(22)18-7-8-18)26-23(30)3-2-4-24(26)31/h2-4,9-14,18,34H,7-8,15H2,1H3,(H,35,36). The molecule has 0 unspecified atom stereocenters. The number of carboxylic acid groups (broad SMARTS) is 1. The van der Waals surface area contributed by atoms with Gasteiger partial charge in [0.1, 0.15) is 23.8 Å². The van der Waals surface area contributed by atoms with Crippen molar-refractivity contribution >= 4 is 56.5 Å². The summed E-state index contributed by atoms with van der Waals surface area (Å²) in [5.41, 5.74) is 2.60. The van der Waals surface area contributed by atoms with Crippen molar-refractivity contribution in [2.75, 3.05) is 11.0 Å². The molecule has 1 aliphatic carbocycles. The highest BCUT2D eigenvalue weighted by molar-refractivity contribution is 7.92. The molecule has 0 atom stereocenters. The molecule has 0 amide bonds. The Kier molecular flexibility index (Phi) is 8.20. The van der Waals surface area contributed by atoms with Gasteiger partial charge < -0.3 is 14.4 Å². The summed E-state index contributed by atoms with van der Waals surface area (Å²) in [7, 11) is -3.61. The third-order valence-electron chi connectivity index (χ3n) is 6.11. The lowest BCUT2D eigenvalue weighted by atomic mass is 10.0. The topological polar surface area (TPSA) is 119 Å². The molecule has 1 aromatic heterocycles. The van der Waals surface area contributed by atoms with Gasteiger partial charge in [0, 0.05) is 28.7 Å². The number of anilines is 1. The first-order chi connectivity index (χ1) is 19.5. The third kappa shape index (κ3) is 6.97. The molecule has 1 heterocycles. The molecular formula is C29H21Cl3N2O6S. The quantitative estimate of drug-likeness (QED) is 0.197. The van der Waals surface area contributed by atoms with Gasteiger partial charge in [-0.15, -0.1) is 0 Å². The first-order valence-corrected chi connectivity index (χ1v) is 15.2. The number of benzene rings is 3. The van der Waals surface area contributed by atoms with Crippen LogP contribution in [0.25, 0.3) is 11.3 Å². The molecule has 0 spiro atoms. The number of carbonyl (C=O) groups is 1. The average Bonchev–Trinajstić information content (AvgIpc) is 3.66. The third-order valence-corrected chi connectivity index (χ3v) is 7.66. The van der Waals surface area contributed by atoms with Gasteiger partial charge in [0.05, 0.1) is 38.1 Å². The minimum Gasteiger partial charge on any atom is -0.489 e. The van der Waals surface area contributed by atoms with E-state index in [2.05, 4.69) is 21.7 Å². The van der Waals surface area contributed by atoms with Crippen molar-refractivity contribution in [1.29, 1.82) is 0 Å². The van der Waals surface area contributed by atoms with Crippen molar-refractivity contribution in [1.82, 2.24) is 5.16 Å². The number of hydrogen-bond acceptors (Lipinski definition) is 6. The number of nitrogens with one attached hydrogen (secondary N) is 1. The van der Waals surface area contributed by atoms with Crippen molar-refractivity contribution in [3.05, 3.63) is 97.7 Å². The zero-order valence-electron chi connectivity index (χ0n) is 21.4. The lowest BCUT2D eigenvalue weighted by Gasteiger charge is -2.10. The fourth-order valence-electron chi connectivity index (χ4n) is 4.13. The zero-order valence-corrected chi connectivity index (χ0v) is 24.5. The van der Waals surface area contributed by atoms with E-state index in [4.69, 9.17) is 44.1 Å². The molecule has 8 nitrogen and oxygen atoms in total. The van der Waals surface area contributed by atoms with E-state index in [9.17, 15) is 18.3 Å². The molecule has 0 aliphatic heterocycles. The molecular weight excluding hydrogens is 611 g/mol. The SMILES string of the molecule is CS(=O)(=O)Nc1cc(C#Cc2ccc(OCc3c(-c4c(Cl)cccc4Cl)noc3C3CC3)cc2Cl)cc(C(=O)O)c1. The Morgan fingerprint density at radius 3 is 2.44 bits per heavy atom. The molecule has 1 saturated carbocycles. The Balaban J connectivity index is 1.38. The molecule has 5 rings (SSSR count). The maximum Gasteiger partial charge on any atom is 0.335 e. The molecule has 2 N–H and O–H groups in total. The number of aromatic carboxylic acids is 1. The lowest BCUT2D eigenvalue weighted by Crippen LogP contribution is -2.10. The number of halogens is 3. The van der Waals surface area contributed by atoms with Crippen LogP contribution >= 0.6 is 34.8 Å². The first-order valence-electron chi connectivity index (χ1n) is 12.2. The van der Waals surface area contributed by atoms with Crippen molar-refractivity contribution in [3.8, 4) is 28.8 Å². The maximum absolute atomic E-state index is 11.6. The summed E-state index contributed by atoms with van der Waals surface area (Å²) >= 11 is 19.4. The molecule has 12 heteroatoms. The normalized spacial score (nSPS) is 12.9. The maximum atomic E-state index is 11.6. The monoisotopic (exact) mass is 630 g/mol. The number of aromatic nitrogens is 1. The largest absolute Gasteiger partial charge is 0.489 e. The fraction of sp³-hybridized carbons (Fsp3) is 0.172. The molecule has 1 aliphatic rings. The van der Waals surface area contributed by atoms with Crippen LogP contribution in [0.2, 0.25) is 15.1 Å². The summed E-state index contributed by atoms with van der Waals surface area (Å²) in [6.07, 6.45) is 2.97. The lowest BCUT2D eigenvalue weighted by molar-refractivity contribution is 0.0697. The van der Waals surface area contributed by atoms with Gasteiger partial charge in [-0.2, -0.15) is 0 Å². The van der Waals surface area contributed by atoms with Crippen LogP contribution in [0.3, 0.4) is 0 Å². The van der Waals surface area contributed by atoms with Crippen molar-refractivity contribution in [3.63, 3.8) is 0 Å². The summed E-state index contributed by atoms with van der Waals surface area (Å²) < 4.78 is 37.2. The van der Waals surface area contributed by atoms with Crippen LogP contribution in [0, 0.1) is 11.8 Å². The number of hydrogen-bond donors (Lipinski definition) is 2. The van der Waals surface area contributed by atoms with E-state index in [1.54, 1.807) is 36.4 Å². The van der Waals surface area contributed by atoms with Crippen LogP contribution in [0.5, 0.6) is 5.75 Å². The molecule has 41 heavy (non-hydrogen) atoms. The van der Waals surface area contributed by atoms with E-state index in [0.717, 1.165) is 30.4 Å². The number of nitrogens with zero attached hydrogens (tertiary/aromatic N) is 1.